The number of hydrogen-bond acceptors (Lipinski definition) is 3. The molecule has 0 atom stereocenters. The van der Waals surface area contributed by atoms with E-state index in [4.69, 9.17) is 5.11 Å². The molecule has 2 aromatic rings. The lowest BCUT2D eigenvalue weighted by atomic mass is 10.2. The summed E-state index contributed by atoms with van der Waals surface area (Å²) < 4.78 is 2.56. The van der Waals surface area contributed by atoms with Gasteiger partial charge in [-0.2, -0.15) is 0 Å². The Kier molecular flexibility index (Phi) is 2.13. The number of nitrogens with zero attached hydrogens (tertiary/aromatic N) is 1. The lowest BCUT2D eigenvalue weighted by molar-refractivity contribution is 0.0702. The van der Waals surface area contributed by atoms with Crippen LogP contribution in [0.25, 0.3) is 10.1 Å². The van der Waals surface area contributed by atoms with Gasteiger partial charge < -0.3 is 9.67 Å². The fraction of sp³-hybridized carbons (Fsp3) is 0.333. The van der Waals surface area contributed by atoms with Gasteiger partial charge in [0.05, 0.1) is 5.39 Å². The zero-order chi connectivity index (χ0) is 12.2. The van der Waals surface area contributed by atoms with Crippen molar-refractivity contribution in [3.63, 3.8) is 0 Å². The van der Waals surface area contributed by atoms with Crippen molar-refractivity contribution in [2.75, 3.05) is 0 Å². The molecule has 88 valence electrons. The maximum Gasteiger partial charge on any atom is 0.345 e. The van der Waals surface area contributed by atoms with Crippen LogP contribution in [0.2, 0.25) is 0 Å². The molecule has 3 rings (SSSR count). The van der Waals surface area contributed by atoms with Crippen molar-refractivity contribution in [2.24, 2.45) is 0 Å². The van der Waals surface area contributed by atoms with Gasteiger partial charge in [-0.25, -0.2) is 4.79 Å². The Morgan fingerprint density at radius 2 is 2.18 bits per heavy atom. The van der Waals surface area contributed by atoms with Gasteiger partial charge in [0, 0.05) is 16.4 Å². The number of aryl methyl sites for hydroxylation is 1. The molecule has 1 aliphatic carbocycles. The van der Waals surface area contributed by atoms with Crippen LogP contribution in [-0.4, -0.2) is 15.6 Å². The smallest absolute Gasteiger partial charge is 0.345 e. The first-order chi connectivity index (χ1) is 8.08. The van der Waals surface area contributed by atoms with Crippen molar-refractivity contribution < 1.29 is 9.90 Å². The number of carboxylic acid groups (broad SMARTS) is 1. The molecular weight excluding hydrogens is 238 g/mol. The molecular formula is C12H11NO3S. The Labute approximate surface area is 101 Å². The van der Waals surface area contributed by atoms with Crippen LogP contribution in [0.5, 0.6) is 0 Å². The van der Waals surface area contributed by atoms with Crippen LogP contribution in [0.15, 0.2) is 16.9 Å². The number of thiophene rings is 1. The van der Waals surface area contributed by atoms with Crippen LogP contribution < -0.4 is 5.56 Å². The summed E-state index contributed by atoms with van der Waals surface area (Å²) in [5.41, 5.74) is 0.870. The molecule has 2 aromatic heterocycles. The quantitative estimate of drug-likeness (QED) is 0.889. The first-order valence-corrected chi connectivity index (χ1v) is 6.28. The third-order valence-electron chi connectivity index (χ3n) is 3.05. The highest BCUT2D eigenvalue weighted by Crippen LogP contribution is 2.35. The van der Waals surface area contributed by atoms with E-state index < -0.39 is 5.97 Å². The molecule has 4 nitrogen and oxygen atoms in total. The summed E-state index contributed by atoms with van der Waals surface area (Å²) in [6.07, 6.45) is 2.09. The maximum atomic E-state index is 12.2. The molecule has 5 heteroatoms. The zero-order valence-electron chi connectivity index (χ0n) is 9.27. The minimum Gasteiger partial charge on any atom is -0.477 e. The van der Waals surface area contributed by atoms with Gasteiger partial charge in [-0.3, -0.25) is 4.79 Å². The Balaban J connectivity index is 2.32. The average Bonchev–Trinajstić information content (AvgIpc) is 2.97. The Morgan fingerprint density at radius 1 is 1.47 bits per heavy atom. The second kappa shape index (κ2) is 3.43. The number of fused-ring (bicyclic) bond motifs is 1. The van der Waals surface area contributed by atoms with Crippen LogP contribution in [0.1, 0.15) is 34.2 Å². The molecule has 0 radical (unpaired) electrons. The van der Waals surface area contributed by atoms with Crippen molar-refractivity contribution in [2.45, 2.75) is 25.8 Å². The van der Waals surface area contributed by atoms with Crippen molar-refractivity contribution in [1.29, 1.82) is 0 Å². The fourth-order valence-corrected chi connectivity index (χ4v) is 3.11. The Morgan fingerprint density at radius 3 is 2.76 bits per heavy atom. The zero-order valence-corrected chi connectivity index (χ0v) is 10.1. The highest BCUT2D eigenvalue weighted by atomic mass is 32.1. The molecule has 0 aromatic carbocycles. The van der Waals surface area contributed by atoms with E-state index in [0.717, 1.165) is 34.6 Å². The molecule has 0 saturated heterocycles. The van der Waals surface area contributed by atoms with Gasteiger partial charge in [-0.15, -0.1) is 11.3 Å². The summed E-state index contributed by atoms with van der Waals surface area (Å²) >= 11 is 1.16. The van der Waals surface area contributed by atoms with Gasteiger partial charge in [0.15, 0.2) is 0 Å². The van der Waals surface area contributed by atoms with Gasteiger partial charge >= 0.3 is 5.97 Å². The van der Waals surface area contributed by atoms with Crippen LogP contribution in [0.4, 0.5) is 0 Å². The maximum absolute atomic E-state index is 12.2. The predicted molar refractivity (Wildman–Crippen MR) is 66.1 cm³/mol. The van der Waals surface area contributed by atoms with E-state index >= 15 is 0 Å². The van der Waals surface area contributed by atoms with Crippen LogP contribution >= 0.6 is 11.3 Å². The van der Waals surface area contributed by atoms with Crippen molar-refractivity contribution in [3.05, 3.63) is 33.1 Å². The number of hydrogen-bond donors (Lipinski definition) is 1. The number of carbonyl (C=O) groups is 1. The molecule has 1 fully saturated rings. The van der Waals surface area contributed by atoms with Crippen LogP contribution in [0.3, 0.4) is 0 Å². The van der Waals surface area contributed by atoms with E-state index in [1.165, 1.54) is 6.07 Å². The topological polar surface area (TPSA) is 59.3 Å². The second-order valence-corrected chi connectivity index (χ2v) is 5.47. The molecule has 17 heavy (non-hydrogen) atoms. The molecule has 0 aliphatic heterocycles. The normalized spacial score (nSPS) is 15.4. The monoisotopic (exact) mass is 249 g/mol. The largest absolute Gasteiger partial charge is 0.477 e. The lowest BCUT2D eigenvalue weighted by Gasteiger charge is -2.07. The van der Waals surface area contributed by atoms with Crippen molar-refractivity contribution in [3.8, 4) is 0 Å². The number of aromatic nitrogens is 1. The van der Waals surface area contributed by atoms with Gasteiger partial charge in [-0.05, 0) is 31.9 Å². The number of rotatable bonds is 2. The first-order valence-electron chi connectivity index (χ1n) is 5.47. The molecule has 2 heterocycles. The van der Waals surface area contributed by atoms with Gasteiger partial charge in [0.1, 0.15) is 4.88 Å². The minimum absolute atomic E-state index is 0.0498. The first kappa shape index (κ1) is 10.5. The molecule has 1 saturated carbocycles. The van der Waals surface area contributed by atoms with Gasteiger partial charge in [0.2, 0.25) is 0 Å². The fourth-order valence-electron chi connectivity index (χ4n) is 2.12. The molecule has 1 N–H and O–H groups in total. The Bertz CT molecular complexity index is 679. The summed E-state index contributed by atoms with van der Waals surface area (Å²) in [7, 11) is 0. The van der Waals surface area contributed by atoms with E-state index in [0.29, 0.717) is 11.4 Å². The third kappa shape index (κ3) is 1.58. The molecule has 0 amide bonds. The third-order valence-corrected chi connectivity index (χ3v) is 4.12. The highest BCUT2D eigenvalue weighted by molar-refractivity contribution is 7.20. The van der Waals surface area contributed by atoms with Gasteiger partial charge in [0.25, 0.3) is 5.56 Å². The highest BCUT2D eigenvalue weighted by Gasteiger charge is 2.27. The predicted octanol–water partition coefficient (Wildman–Crippen LogP) is 2.40. The Hall–Kier alpha value is -1.62. The molecule has 0 unspecified atom stereocenters. The average molecular weight is 249 g/mol. The number of carboxylic acids is 1. The number of aromatic carboxylic acids is 1. The summed E-state index contributed by atoms with van der Waals surface area (Å²) in [4.78, 5) is 23.4. The van der Waals surface area contributed by atoms with E-state index in [1.807, 2.05) is 13.0 Å². The lowest BCUT2D eigenvalue weighted by Crippen LogP contribution is -2.20. The van der Waals surface area contributed by atoms with E-state index in [-0.39, 0.29) is 10.4 Å². The minimum atomic E-state index is -0.971. The molecule has 1 aliphatic rings. The number of pyridine rings is 1. The standard InChI is InChI=1S/C12H11NO3S/c1-6-4-9-8(5-10(17-9)12(15)16)11(14)13(6)7-2-3-7/h4-5,7H,2-3H2,1H3,(H,15,16). The SMILES string of the molecule is Cc1cc2sc(C(=O)O)cc2c(=O)n1C1CC1. The van der Waals surface area contributed by atoms with Crippen LogP contribution in [0, 0.1) is 6.92 Å². The summed E-state index contributed by atoms with van der Waals surface area (Å²) in [6, 6.07) is 3.72. The summed E-state index contributed by atoms with van der Waals surface area (Å²) in [5.74, 6) is -0.971. The molecule has 0 bridgehead atoms. The van der Waals surface area contributed by atoms with E-state index in [9.17, 15) is 9.59 Å². The van der Waals surface area contributed by atoms with Gasteiger partial charge in [-0.1, -0.05) is 0 Å². The molecule has 0 spiro atoms. The van der Waals surface area contributed by atoms with Crippen LogP contribution in [-0.2, 0) is 0 Å². The van der Waals surface area contributed by atoms with E-state index in [2.05, 4.69) is 0 Å². The van der Waals surface area contributed by atoms with E-state index in [1.54, 1.807) is 4.57 Å². The summed E-state index contributed by atoms with van der Waals surface area (Å²) in [5, 5.41) is 9.47. The second-order valence-electron chi connectivity index (χ2n) is 4.39. The van der Waals surface area contributed by atoms with Crippen molar-refractivity contribution in [1.82, 2.24) is 4.57 Å². The van der Waals surface area contributed by atoms with Crippen molar-refractivity contribution >= 4 is 27.4 Å². The summed E-state index contributed by atoms with van der Waals surface area (Å²) in [6.45, 7) is 1.90.